The van der Waals surface area contributed by atoms with Gasteiger partial charge < -0.3 is 5.32 Å². The van der Waals surface area contributed by atoms with Crippen LogP contribution in [0.2, 0.25) is 0 Å². The van der Waals surface area contributed by atoms with Gasteiger partial charge in [-0.25, -0.2) is 17.8 Å². The molecule has 2 aromatic heterocycles. The first-order chi connectivity index (χ1) is 15.3. The summed E-state index contributed by atoms with van der Waals surface area (Å²) < 4.78 is 26.8. The van der Waals surface area contributed by atoms with Crippen LogP contribution in [0, 0.1) is 6.92 Å². The molecule has 0 aliphatic carbocycles. The van der Waals surface area contributed by atoms with E-state index in [1.807, 2.05) is 0 Å². The van der Waals surface area contributed by atoms with E-state index in [0.29, 0.717) is 35.2 Å². The minimum atomic E-state index is -3.11. The minimum Gasteiger partial charge on any atom is -0.305 e. The van der Waals surface area contributed by atoms with Crippen LogP contribution in [0.3, 0.4) is 0 Å². The molecule has 0 bridgehead atoms. The Hall–Kier alpha value is -3.01. The molecule has 0 saturated carbocycles. The van der Waals surface area contributed by atoms with Crippen molar-refractivity contribution in [3.63, 3.8) is 0 Å². The molecule has 1 fully saturated rings. The van der Waals surface area contributed by atoms with Crippen LogP contribution in [0.1, 0.15) is 54.8 Å². The number of aryl methyl sites for hydroxylation is 2. The van der Waals surface area contributed by atoms with Crippen molar-refractivity contribution in [1.29, 1.82) is 0 Å². The summed E-state index contributed by atoms with van der Waals surface area (Å²) in [6.07, 6.45) is 3.22. The fourth-order valence-corrected chi connectivity index (χ4v) is 5.79. The number of aromatic nitrogens is 4. The van der Waals surface area contributed by atoms with E-state index in [9.17, 15) is 18.0 Å². The zero-order valence-electron chi connectivity index (χ0n) is 18.2. The van der Waals surface area contributed by atoms with Gasteiger partial charge in [0.05, 0.1) is 28.6 Å². The van der Waals surface area contributed by atoms with Crippen LogP contribution in [0.15, 0.2) is 35.1 Å². The van der Waals surface area contributed by atoms with Gasteiger partial charge in [0.1, 0.15) is 5.82 Å². The maximum atomic E-state index is 13.3. The fourth-order valence-electron chi connectivity index (χ4n) is 4.10. The normalized spacial score (nSPS) is 17.6. The Morgan fingerprint density at radius 2 is 1.94 bits per heavy atom. The Bertz CT molecular complexity index is 1330. The van der Waals surface area contributed by atoms with E-state index in [0.717, 1.165) is 19.3 Å². The molecule has 32 heavy (non-hydrogen) atoms. The second-order valence-corrected chi connectivity index (χ2v) is 10.5. The van der Waals surface area contributed by atoms with Crippen molar-refractivity contribution in [2.24, 2.45) is 0 Å². The van der Waals surface area contributed by atoms with Crippen molar-refractivity contribution in [3.8, 4) is 0 Å². The average Bonchev–Trinajstić information content (AvgIpc) is 3.30. The molecule has 170 valence electrons. The van der Waals surface area contributed by atoms with Crippen molar-refractivity contribution in [2.45, 2.75) is 52.1 Å². The third kappa shape index (κ3) is 4.45. The number of nitrogens with zero attached hydrogens (tertiary/aromatic N) is 4. The molecular formula is C22H27N5O4S. The summed E-state index contributed by atoms with van der Waals surface area (Å²) in [6.45, 7) is 4.31. The molecule has 1 N–H and O–H groups in total. The first-order valence-corrected chi connectivity index (χ1v) is 12.7. The number of carbonyl (C=O) groups excluding carboxylic acids is 1. The zero-order chi connectivity index (χ0) is 22.9. The number of hydrogen-bond acceptors (Lipinski definition) is 6. The number of anilines is 1. The third-order valence-electron chi connectivity index (χ3n) is 5.71. The smallest absolute Gasteiger partial charge is 0.277 e. The molecule has 4 rings (SSSR count). The lowest BCUT2D eigenvalue weighted by molar-refractivity contribution is 0.102. The van der Waals surface area contributed by atoms with E-state index < -0.39 is 15.7 Å². The van der Waals surface area contributed by atoms with E-state index in [1.165, 1.54) is 4.68 Å². The van der Waals surface area contributed by atoms with Gasteiger partial charge in [-0.15, -0.1) is 0 Å². The van der Waals surface area contributed by atoms with Crippen LogP contribution >= 0.6 is 0 Å². The molecule has 1 aromatic carbocycles. The summed E-state index contributed by atoms with van der Waals surface area (Å²) >= 11 is 0. The Kier molecular flexibility index (Phi) is 6.14. The van der Waals surface area contributed by atoms with Crippen LogP contribution in [-0.4, -0.2) is 45.4 Å². The number of nitrogens with one attached hydrogen (secondary N) is 1. The Balaban J connectivity index is 1.69. The van der Waals surface area contributed by atoms with Gasteiger partial charge in [-0.1, -0.05) is 38.0 Å². The third-order valence-corrected chi connectivity index (χ3v) is 7.46. The Morgan fingerprint density at radius 1 is 1.19 bits per heavy atom. The highest BCUT2D eigenvalue weighted by molar-refractivity contribution is 7.91. The second kappa shape index (κ2) is 8.85. The number of benzene rings is 1. The standard InChI is InChI=1S/C22H27N5O4S/c1-3-4-7-11-26-22(29)18-9-6-5-8-17(18)20(25-26)21(28)23-19-13-15(2)24-27(19)16-10-12-32(30,31)14-16/h5-6,8-9,13,16H,3-4,7,10-12,14H2,1-2H3,(H,23,28). The SMILES string of the molecule is CCCCCn1nc(C(=O)Nc2cc(C)nn2C2CCS(=O)(=O)C2)c2ccccc2c1=O. The second-order valence-electron chi connectivity index (χ2n) is 8.26. The first-order valence-electron chi connectivity index (χ1n) is 10.9. The van der Waals surface area contributed by atoms with Crippen molar-refractivity contribution >= 4 is 32.3 Å². The minimum absolute atomic E-state index is 0.000475. The van der Waals surface area contributed by atoms with Gasteiger partial charge >= 0.3 is 0 Å². The monoisotopic (exact) mass is 457 g/mol. The molecule has 1 atom stereocenters. The van der Waals surface area contributed by atoms with Gasteiger partial charge in [-0.3, -0.25) is 9.59 Å². The van der Waals surface area contributed by atoms with Crippen LogP contribution in [0.4, 0.5) is 5.82 Å². The summed E-state index contributed by atoms with van der Waals surface area (Å²) in [4.78, 5) is 26.1. The largest absolute Gasteiger partial charge is 0.305 e. The highest BCUT2D eigenvalue weighted by Crippen LogP contribution is 2.27. The van der Waals surface area contributed by atoms with E-state index in [2.05, 4.69) is 22.4 Å². The summed E-state index contributed by atoms with van der Waals surface area (Å²) in [7, 11) is -3.11. The lowest BCUT2D eigenvalue weighted by Crippen LogP contribution is -2.28. The van der Waals surface area contributed by atoms with E-state index in [4.69, 9.17) is 0 Å². The molecule has 1 amide bonds. The topological polar surface area (TPSA) is 116 Å². The van der Waals surface area contributed by atoms with Crippen LogP contribution in [0.5, 0.6) is 0 Å². The number of sulfone groups is 1. The van der Waals surface area contributed by atoms with E-state index in [-0.39, 0.29) is 28.8 Å². The number of amides is 1. The van der Waals surface area contributed by atoms with Crippen molar-refractivity contribution < 1.29 is 13.2 Å². The van der Waals surface area contributed by atoms with Crippen molar-refractivity contribution in [1.82, 2.24) is 19.6 Å². The number of rotatable bonds is 7. The van der Waals surface area contributed by atoms with Gasteiger partial charge in [0.15, 0.2) is 15.5 Å². The molecule has 3 aromatic rings. The first kappa shape index (κ1) is 22.2. The lowest BCUT2D eigenvalue weighted by atomic mass is 10.1. The molecule has 0 radical (unpaired) electrons. The lowest BCUT2D eigenvalue weighted by Gasteiger charge is -2.15. The average molecular weight is 458 g/mol. The maximum Gasteiger partial charge on any atom is 0.277 e. The summed E-state index contributed by atoms with van der Waals surface area (Å²) in [5.74, 6) is 0.0657. The number of unbranched alkanes of at least 4 members (excludes halogenated alkanes) is 2. The molecule has 0 spiro atoms. The summed E-state index contributed by atoms with van der Waals surface area (Å²) in [5, 5.41) is 12.6. The Morgan fingerprint density at radius 3 is 2.62 bits per heavy atom. The molecule has 1 aliphatic heterocycles. The van der Waals surface area contributed by atoms with Crippen LogP contribution in [-0.2, 0) is 16.4 Å². The fraction of sp³-hybridized carbons (Fsp3) is 0.455. The predicted octanol–water partition coefficient (Wildman–Crippen LogP) is 2.70. The van der Waals surface area contributed by atoms with Gasteiger partial charge in [0.2, 0.25) is 0 Å². The maximum absolute atomic E-state index is 13.3. The number of hydrogen-bond donors (Lipinski definition) is 1. The van der Waals surface area contributed by atoms with Gasteiger partial charge in [-0.2, -0.15) is 10.2 Å². The highest BCUT2D eigenvalue weighted by atomic mass is 32.2. The van der Waals surface area contributed by atoms with Crippen molar-refractivity contribution in [3.05, 3.63) is 52.1 Å². The summed E-state index contributed by atoms with van der Waals surface area (Å²) in [5.41, 5.74) is 0.610. The number of carbonyl (C=O) groups is 1. The van der Waals surface area contributed by atoms with E-state index >= 15 is 0 Å². The molecule has 3 heterocycles. The quantitative estimate of drug-likeness (QED) is 0.546. The number of fused-ring (bicyclic) bond motifs is 1. The van der Waals surface area contributed by atoms with Gasteiger partial charge in [-0.05, 0) is 25.8 Å². The van der Waals surface area contributed by atoms with Crippen LogP contribution < -0.4 is 10.9 Å². The molecular weight excluding hydrogens is 430 g/mol. The van der Waals surface area contributed by atoms with Gasteiger partial charge in [0.25, 0.3) is 11.5 Å². The zero-order valence-corrected chi connectivity index (χ0v) is 19.1. The molecule has 1 aliphatic rings. The van der Waals surface area contributed by atoms with Crippen LogP contribution in [0.25, 0.3) is 10.8 Å². The molecule has 1 saturated heterocycles. The van der Waals surface area contributed by atoms with E-state index in [1.54, 1.807) is 41.9 Å². The summed E-state index contributed by atoms with van der Waals surface area (Å²) in [6, 6.07) is 8.32. The predicted molar refractivity (Wildman–Crippen MR) is 123 cm³/mol. The molecule has 10 heteroatoms. The highest BCUT2D eigenvalue weighted by Gasteiger charge is 2.31. The van der Waals surface area contributed by atoms with Crippen molar-refractivity contribution in [2.75, 3.05) is 16.8 Å². The molecule has 9 nitrogen and oxygen atoms in total. The Labute approximate surface area is 186 Å². The molecule has 1 unspecified atom stereocenters. The van der Waals surface area contributed by atoms with Gasteiger partial charge in [0, 0.05) is 18.0 Å².